The van der Waals surface area contributed by atoms with E-state index < -0.39 is 0 Å². The van der Waals surface area contributed by atoms with Crippen LogP contribution in [-0.4, -0.2) is 32.8 Å². The van der Waals surface area contributed by atoms with E-state index in [1.165, 1.54) is 18.5 Å². The summed E-state index contributed by atoms with van der Waals surface area (Å²) in [7, 11) is 0. The Kier molecular flexibility index (Phi) is 3.17. The SMILES string of the molecule is Cc1ccc(=O)n(CC2CN(c3cc(C4CC4)ncn3)C2)n1. The molecule has 4 rings (SSSR count). The predicted octanol–water partition coefficient (Wildman–Crippen LogP) is 1.36. The van der Waals surface area contributed by atoms with Crippen LogP contribution in [0.4, 0.5) is 5.82 Å². The van der Waals surface area contributed by atoms with Crippen molar-refractivity contribution in [3.63, 3.8) is 0 Å². The molecule has 0 bridgehead atoms. The Hall–Kier alpha value is -2.24. The van der Waals surface area contributed by atoms with Gasteiger partial charge in [0.1, 0.15) is 12.1 Å². The lowest BCUT2D eigenvalue weighted by atomic mass is 10.00. The maximum atomic E-state index is 11.8. The molecule has 22 heavy (non-hydrogen) atoms. The molecule has 1 aliphatic carbocycles. The normalized spacial score (nSPS) is 18.3. The highest BCUT2D eigenvalue weighted by Crippen LogP contribution is 2.39. The Bertz CT molecular complexity index is 746. The molecule has 0 aromatic carbocycles. The first-order chi connectivity index (χ1) is 10.7. The van der Waals surface area contributed by atoms with Gasteiger partial charge in [-0.2, -0.15) is 5.10 Å². The van der Waals surface area contributed by atoms with Crippen LogP contribution in [0.25, 0.3) is 0 Å². The van der Waals surface area contributed by atoms with E-state index in [2.05, 4.69) is 26.0 Å². The first-order valence-electron chi connectivity index (χ1n) is 7.81. The third-order valence-electron chi connectivity index (χ3n) is 4.38. The van der Waals surface area contributed by atoms with Gasteiger partial charge in [0.2, 0.25) is 0 Å². The van der Waals surface area contributed by atoms with E-state index in [9.17, 15) is 4.79 Å². The van der Waals surface area contributed by atoms with Crippen LogP contribution in [-0.2, 0) is 6.54 Å². The molecule has 0 N–H and O–H groups in total. The second kappa shape index (κ2) is 5.19. The highest BCUT2D eigenvalue weighted by atomic mass is 16.1. The van der Waals surface area contributed by atoms with Crippen molar-refractivity contribution in [2.45, 2.75) is 32.2 Å². The number of rotatable bonds is 4. The van der Waals surface area contributed by atoms with Crippen molar-refractivity contribution in [1.82, 2.24) is 19.7 Å². The van der Waals surface area contributed by atoms with Gasteiger partial charge in [0.05, 0.1) is 12.2 Å². The third-order valence-corrected chi connectivity index (χ3v) is 4.38. The largest absolute Gasteiger partial charge is 0.356 e. The molecule has 6 nitrogen and oxygen atoms in total. The van der Waals surface area contributed by atoms with Crippen molar-refractivity contribution in [3.8, 4) is 0 Å². The average Bonchev–Trinajstić information content (AvgIpc) is 3.30. The molecule has 0 amide bonds. The van der Waals surface area contributed by atoms with Gasteiger partial charge in [-0.15, -0.1) is 0 Å². The van der Waals surface area contributed by atoms with Crippen LogP contribution in [0.1, 0.15) is 30.1 Å². The molecule has 1 saturated carbocycles. The fraction of sp³-hybridized carbons (Fsp3) is 0.500. The Balaban J connectivity index is 1.40. The van der Waals surface area contributed by atoms with E-state index >= 15 is 0 Å². The van der Waals surface area contributed by atoms with Gasteiger partial charge in [-0.3, -0.25) is 4.79 Å². The Labute approximate surface area is 128 Å². The zero-order valence-electron chi connectivity index (χ0n) is 12.6. The second-order valence-electron chi connectivity index (χ2n) is 6.34. The fourth-order valence-corrected chi connectivity index (χ4v) is 2.94. The minimum absolute atomic E-state index is 0.0258. The molecule has 2 aliphatic rings. The van der Waals surface area contributed by atoms with Crippen LogP contribution >= 0.6 is 0 Å². The molecule has 1 aliphatic heterocycles. The second-order valence-corrected chi connectivity index (χ2v) is 6.34. The number of aryl methyl sites for hydroxylation is 1. The summed E-state index contributed by atoms with van der Waals surface area (Å²) in [5.74, 6) is 2.11. The molecule has 0 spiro atoms. The standard InChI is InChI=1S/C16H19N5O/c1-11-2-5-16(22)21(19-11)9-12-7-20(8-12)15-6-14(13-3-4-13)17-10-18-15/h2,5-6,10,12-13H,3-4,7-9H2,1H3. The average molecular weight is 297 g/mol. The molecule has 0 atom stereocenters. The van der Waals surface area contributed by atoms with Crippen molar-refractivity contribution >= 4 is 5.82 Å². The number of hydrogen-bond acceptors (Lipinski definition) is 5. The van der Waals surface area contributed by atoms with Gasteiger partial charge < -0.3 is 4.90 Å². The lowest BCUT2D eigenvalue weighted by Crippen LogP contribution is -2.50. The first-order valence-corrected chi connectivity index (χ1v) is 7.81. The van der Waals surface area contributed by atoms with Gasteiger partial charge in [0.15, 0.2) is 0 Å². The molecule has 1 saturated heterocycles. The van der Waals surface area contributed by atoms with Crippen LogP contribution in [0.3, 0.4) is 0 Å². The minimum Gasteiger partial charge on any atom is -0.356 e. The Morgan fingerprint density at radius 1 is 1.23 bits per heavy atom. The zero-order chi connectivity index (χ0) is 15.1. The lowest BCUT2D eigenvalue weighted by Gasteiger charge is -2.40. The van der Waals surface area contributed by atoms with E-state index in [0.717, 1.165) is 24.6 Å². The number of hydrogen-bond donors (Lipinski definition) is 0. The van der Waals surface area contributed by atoms with E-state index in [1.807, 2.05) is 6.92 Å². The van der Waals surface area contributed by atoms with Gasteiger partial charge in [-0.05, 0) is 25.8 Å². The van der Waals surface area contributed by atoms with Crippen molar-refractivity contribution in [2.24, 2.45) is 5.92 Å². The van der Waals surface area contributed by atoms with Crippen molar-refractivity contribution in [1.29, 1.82) is 0 Å². The fourth-order valence-electron chi connectivity index (χ4n) is 2.94. The molecule has 0 unspecified atom stereocenters. The predicted molar refractivity (Wildman–Crippen MR) is 82.9 cm³/mol. The number of anilines is 1. The van der Waals surface area contributed by atoms with Gasteiger partial charge >= 0.3 is 0 Å². The number of nitrogens with zero attached hydrogens (tertiary/aromatic N) is 5. The van der Waals surface area contributed by atoms with Crippen LogP contribution in [0.2, 0.25) is 0 Å². The van der Waals surface area contributed by atoms with E-state index in [-0.39, 0.29) is 5.56 Å². The molecule has 2 aromatic rings. The quantitative estimate of drug-likeness (QED) is 0.852. The topological polar surface area (TPSA) is 63.9 Å². The van der Waals surface area contributed by atoms with Gasteiger partial charge in [-0.1, -0.05) is 0 Å². The highest BCUT2D eigenvalue weighted by molar-refractivity contribution is 5.43. The van der Waals surface area contributed by atoms with E-state index in [4.69, 9.17) is 0 Å². The van der Waals surface area contributed by atoms with Gasteiger partial charge in [0, 0.05) is 42.8 Å². The lowest BCUT2D eigenvalue weighted by molar-refractivity contribution is 0.331. The summed E-state index contributed by atoms with van der Waals surface area (Å²) in [4.78, 5) is 22.8. The van der Waals surface area contributed by atoms with E-state index in [1.54, 1.807) is 23.1 Å². The monoisotopic (exact) mass is 297 g/mol. The summed E-state index contributed by atoms with van der Waals surface area (Å²) < 4.78 is 1.58. The molecule has 2 aromatic heterocycles. The maximum Gasteiger partial charge on any atom is 0.266 e. The molecule has 0 radical (unpaired) electrons. The van der Waals surface area contributed by atoms with E-state index in [0.29, 0.717) is 18.4 Å². The summed E-state index contributed by atoms with van der Waals surface area (Å²) in [6.45, 7) is 4.42. The van der Waals surface area contributed by atoms with Crippen LogP contribution in [0.15, 0.2) is 29.3 Å². The van der Waals surface area contributed by atoms with Gasteiger partial charge in [0.25, 0.3) is 5.56 Å². The molecular formula is C16H19N5O. The Morgan fingerprint density at radius 3 is 2.82 bits per heavy atom. The molecule has 114 valence electrons. The summed E-state index contributed by atoms with van der Waals surface area (Å²) >= 11 is 0. The van der Waals surface area contributed by atoms with Gasteiger partial charge in [-0.25, -0.2) is 14.6 Å². The maximum absolute atomic E-state index is 11.8. The first kappa shape index (κ1) is 13.4. The smallest absolute Gasteiger partial charge is 0.266 e. The minimum atomic E-state index is -0.0258. The summed E-state index contributed by atoms with van der Waals surface area (Å²) in [5.41, 5.74) is 2.02. The summed E-state index contributed by atoms with van der Waals surface area (Å²) in [6, 6.07) is 5.46. The van der Waals surface area contributed by atoms with Crippen molar-refractivity contribution in [3.05, 3.63) is 46.3 Å². The van der Waals surface area contributed by atoms with Crippen molar-refractivity contribution in [2.75, 3.05) is 18.0 Å². The molecule has 2 fully saturated rings. The molecule has 6 heteroatoms. The van der Waals surface area contributed by atoms with Crippen LogP contribution in [0, 0.1) is 12.8 Å². The highest BCUT2D eigenvalue weighted by Gasteiger charge is 2.30. The van der Waals surface area contributed by atoms with Crippen LogP contribution < -0.4 is 10.5 Å². The Morgan fingerprint density at radius 2 is 2.05 bits per heavy atom. The third kappa shape index (κ3) is 2.61. The number of aromatic nitrogens is 4. The summed E-state index contributed by atoms with van der Waals surface area (Å²) in [5, 5.41) is 4.30. The van der Waals surface area contributed by atoms with Crippen LogP contribution in [0.5, 0.6) is 0 Å². The summed E-state index contributed by atoms with van der Waals surface area (Å²) in [6.07, 6.45) is 4.17. The van der Waals surface area contributed by atoms with Crippen molar-refractivity contribution < 1.29 is 0 Å². The molecular weight excluding hydrogens is 278 g/mol. The zero-order valence-corrected chi connectivity index (χ0v) is 12.6. The molecule has 3 heterocycles.